The van der Waals surface area contributed by atoms with Gasteiger partial charge in [0.05, 0.1) is 16.6 Å². The number of fused-ring (bicyclic) bond motifs is 2. The normalized spacial score (nSPS) is 18.8. The summed E-state index contributed by atoms with van der Waals surface area (Å²) in [6.07, 6.45) is 2.17. The Morgan fingerprint density at radius 3 is 2.61 bits per heavy atom. The lowest BCUT2D eigenvalue weighted by Gasteiger charge is -2.23. The zero-order chi connectivity index (χ0) is 24.0. The molecule has 2 atom stereocenters. The lowest BCUT2D eigenvalue weighted by Crippen LogP contribution is -2.46. The van der Waals surface area contributed by atoms with Gasteiger partial charge in [-0.3, -0.25) is 19.5 Å². The van der Waals surface area contributed by atoms with Crippen molar-refractivity contribution in [1.29, 1.82) is 0 Å². The molecule has 1 aliphatic rings. The molecule has 1 amide bonds. The first-order valence-corrected chi connectivity index (χ1v) is 12.6. The molecule has 0 radical (unpaired) electrons. The number of nitrogens with zero attached hydrogens (tertiary/aromatic N) is 1. The van der Waals surface area contributed by atoms with Crippen LogP contribution in [-0.2, 0) is 37.2 Å². The SMILES string of the molecule is CC(C)C(NS(=O)(=O)c1ccccc1)C(=O)CC1Cc2cc(n[nH]2)CCCCNC(=O)C1=O. The summed E-state index contributed by atoms with van der Waals surface area (Å²) in [5.74, 6) is -3.13. The molecule has 2 bridgehead atoms. The zero-order valence-electron chi connectivity index (χ0n) is 18.8. The second-order valence-corrected chi connectivity index (χ2v) is 10.4. The third-order valence-electron chi connectivity index (χ3n) is 5.69. The van der Waals surface area contributed by atoms with Gasteiger partial charge in [0.1, 0.15) is 0 Å². The molecule has 0 saturated heterocycles. The van der Waals surface area contributed by atoms with Crippen molar-refractivity contribution in [1.82, 2.24) is 20.2 Å². The van der Waals surface area contributed by atoms with Crippen LogP contribution < -0.4 is 10.0 Å². The Bertz CT molecular complexity index is 1100. The zero-order valence-corrected chi connectivity index (χ0v) is 19.7. The molecular weight excluding hydrogens is 444 g/mol. The van der Waals surface area contributed by atoms with Gasteiger partial charge in [0.15, 0.2) is 5.78 Å². The number of rotatable bonds is 7. The van der Waals surface area contributed by atoms with E-state index in [9.17, 15) is 22.8 Å². The van der Waals surface area contributed by atoms with Gasteiger partial charge in [-0.2, -0.15) is 5.10 Å². The smallest absolute Gasteiger partial charge is 0.287 e. The van der Waals surface area contributed by atoms with Crippen LogP contribution in [-0.4, -0.2) is 48.7 Å². The molecule has 10 heteroatoms. The average molecular weight is 475 g/mol. The topological polar surface area (TPSA) is 138 Å². The summed E-state index contributed by atoms with van der Waals surface area (Å²) in [5, 5.41) is 9.76. The van der Waals surface area contributed by atoms with E-state index < -0.39 is 39.5 Å². The van der Waals surface area contributed by atoms with Crippen molar-refractivity contribution in [2.24, 2.45) is 11.8 Å². The number of hydrogen-bond donors (Lipinski definition) is 3. The lowest BCUT2D eigenvalue weighted by atomic mass is 9.87. The number of aromatic amines is 1. The minimum absolute atomic E-state index is 0.0508. The number of nitrogens with one attached hydrogen (secondary N) is 3. The van der Waals surface area contributed by atoms with Crippen LogP contribution in [0.5, 0.6) is 0 Å². The van der Waals surface area contributed by atoms with Crippen LogP contribution in [0.15, 0.2) is 41.3 Å². The van der Waals surface area contributed by atoms with Crippen molar-refractivity contribution in [3.8, 4) is 0 Å². The molecule has 0 aliphatic carbocycles. The quantitative estimate of drug-likeness (QED) is 0.521. The van der Waals surface area contributed by atoms with Gasteiger partial charge >= 0.3 is 0 Å². The monoisotopic (exact) mass is 474 g/mol. The number of sulfonamides is 1. The molecule has 1 aromatic heterocycles. The maximum absolute atomic E-state index is 13.2. The van der Waals surface area contributed by atoms with Crippen LogP contribution >= 0.6 is 0 Å². The lowest BCUT2D eigenvalue weighted by molar-refractivity contribution is -0.141. The van der Waals surface area contributed by atoms with Crippen LogP contribution in [0.3, 0.4) is 0 Å². The predicted molar refractivity (Wildman–Crippen MR) is 122 cm³/mol. The van der Waals surface area contributed by atoms with Crippen LogP contribution in [0.25, 0.3) is 0 Å². The highest BCUT2D eigenvalue weighted by Crippen LogP contribution is 2.20. The first-order chi connectivity index (χ1) is 15.7. The van der Waals surface area contributed by atoms with Gasteiger partial charge in [0.25, 0.3) is 5.91 Å². The van der Waals surface area contributed by atoms with Crippen LogP contribution in [0.2, 0.25) is 0 Å². The van der Waals surface area contributed by atoms with Crippen LogP contribution in [0.4, 0.5) is 0 Å². The Hall–Kier alpha value is -2.85. The third kappa shape index (κ3) is 6.58. The largest absolute Gasteiger partial charge is 0.349 e. The summed E-state index contributed by atoms with van der Waals surface area (Å²) < 4.78 is 28.1. The molecule has 0 spiro atoms. The molecule has 0 saturated carbocycles. The number of benzene rings is 1. The summed E-state index contributed by atoms with van der Waals surface area (Å²) in [4.78, 5) is 38.5. The van der Waals surface area contributed by atoms with Gasteiger partial charge in [-0.1, -0.05) is 32.0 Å². The minimum atomic E-state index is -3.93. The van der Waals surface area contributed by atoms with Crippen molar-refractivity contribution >= 4 is 27.5 Å². The number of aromatic nitrogens is 2. The summed E-state index contributed by atoms with van der Waals surface area (Å²) in [6.45, 7) is 3.83. The average Bonchev–Trinajstić information content (AvgIpc) is 3.23. The minimum Gasteiger partial charge on any atom is -0.349 e. The van der Waals surface area contributed by atoms with Gasteiger partial charge in [0, 0.05) is 24.6 Å². The van der Waals surface area contributed by atoms with E-state index in [1.165, 1.54) is 12.1 Å². The number of aryl methyl sites for hydroxylation is 1. The number of H-pyrrole nitrogens is 1. The van der Waals surface area contributed by atoms with Gasteiger partial charge in [-0.25, -0.2) is 13.1 Å². The molecule has 3 rings (SSSR count). The summed E-state index contributed by atoms with van der Waals surface area (Å²) in [6, 6.07) is 8.60. The van der Waals surface area contributed by atoms with Crippen molar-refractivity contribution in [2.75, 3.05) is 6.54 Å². The van der Waals surface area contributed by atoms with E-state index in [0.717, 1.165) is 18.5 Å². The van der Waals surface area contributed by atoms with Gasteiger partial charge in [-0.15, -0.1) is 0 Å². The van der Waals surface area contributed by atoms with Gasteiger partial charge < -0.3 is 5.32 Å². The van der Waals surface area contributed by atoms with Crippen LogP contribution in [0, 0.1) is 11.8 Å². The van der Waals surface area contributed by atoms with E-state index in [-0.39, 0.29) is 23.7 Å². The highest BCUT2D eigenvalue weighted by atomic mass is 32.2. The standard InChI is InChI=1S/C23H30N4O5S/c1-15(2)21(27-33(31,32)19-9-4-3-5-10-19)20(28)13-16-12-18-14-17(25-26-18)8-6-7-11-24-23(30)22(16)29/h3-5,9-10,14-16,21,27H,6-8,11-13H2,1-2H3,(H,24,30)(H,25,26). The maximum Gasteiger partial charge on any atom is 0.287 e. The molecular formula is C23H30N4O5S. The molecule has 3 N–H and O–H groups in total. The second-order valence-electron chi connectivity index (χ2n) is 8.69. The fourth-order valence-electron chi connectivity index (χ4n) is 3.85. The van der Waals surface area contributed by atoms with Crippen molar-refractivity contribution < 1.29 is 22.8 Å². The molecule has 9 nitrogen and oxygen atoms in total. The Morgan fingerprint density at radius 1 is 1.18 bits per heavy atom. The molecule has 2 aromatic rings. The molecule has 178 valence electrons. The number of ketones is 2. The van der Waals surface area contributed by atoms with Gasteiger partial charge in [0.2, 0.25) is 15.8 Å². The molecule has 33 heavy (non-hydrogen) atoms. The fourth-order valence-corrected chi connectivity index (χ4v) is 5.24. The Balaban J connectivity index is 1.81. The van der Waals surface area contributed by atoms with E-state index in [0.29, 0.717) is 18.7 Å². The van der Waals surface area contributed by atoms with Gasteiger partial charge in [-0.05, 0) is 49.8 Å². The summed E-state index contributed by atoms with van der Waals surface area (Å²) in [7, 11) is -3.93. The first-order valence-electron chi connectivity index (χ1n) is 11.1. The van der Waals surface area contributed by atoms with E-state index in [2.05, 4.69) is 20.2 Å². The fraction of sp³-hybridized carbons (Fsp3) is 0.478. The van der Waals surface area contributed by atoms with E-state index in [1.54, 1.807) is 32.0 Å². The van der Waals surface area contributed by atoms with E-state index in [1.807, 2.05) is 6.07 Å². The second kappa shape index (κ2) is 10.8. The highest BCUT2D eigenvalue weighted by Gasteiger charge is 2.34. The number of carbonyl (C=O) groups is 3. The number of hydrogen-bond acceptors (Lipinski definition) is 6. The Kier molecular flexibility index (Phi) is 8.15. The van der Waals surface area contributed by atoms with E-state index in [4.69, 9.17) is 0 Å². The predicted octanol–water partition coefficient (Wildman–Crippen LogP) is 1.55. The summed E-state index contributed by atoms with van der Waals surface area (Å²) in [5.41, 5.74) is 1.53. The van der Waals surface area contributed by atoms with E-state index >= 15 is 0 Å². The Labute approximate surface area is 193 Å². The Morgan fingerprint density at radius 2 is 1.91 bits per heavy atom. The number of amides is 1. The van der Waals surface area contributed by atoms with Crippen molar-refractivity contribution in [2.45, 2.75) is 56.9 Å². The third-order valence-corrected chi connectivity index (χ3v) is 7.14. The molecule has 2 unspecified atom stereocenters. The molecule has 2 heterocycles. The first kappa shape index (κ1) is 24.8. The van der Waals surface area contributed by atoms with Crippen molar-refractivity contribution in [3.63, 3.8) is 0 Å². The maximum atomic E-state index is 13.2. The number of Topliss-reactive ketones (excluding diaryl/α,β-unsaturated/α-hetero) is 2. The molecule has 1 aromatic carbocycles. The molecule has 0 fully saturated rings. The van der Waals surface area contributed by atoms with Crippen LogP contribution in [0.1, 0.15) is 44.5 Å². The number of carbonyl (C=O) groups excluding carboxylic acids is 3. The molecule has 1 aliphatic heterocycles. The highest BCUT2D eigenvalue weighted by molar-refractivity contribution is 7.89. The van der Waals surface area contributed by atoms with Crippen molar-refractivity contribution in [3.05, 3.63) is 47.8 Å². The summed E-state index contributed by atoms with van der Waals surface area (Å²) >= 11 is 0.